The number of imide groups is 1. The lowest BCUT2D eigenvalue weighted by atomic mass is 9.72. The van der Waals surface area contributed by atoms with E-state index >= 15 is 0 Å². The minimum absolute atomic E-state index is 0.00104. The molecule has 3 aliphatic rings. The summed E-state index contributed by atoms with van der Waals surface area (Å²) < 4.78 is 11.6. The fraction of sp³-hybridized carbons (Fsp3) is 0.875. The zero-order valence-electron chi connectivity index (χ0n) is 14.0. The van der Waals surface area contributed by atoms with Crippen molar-refractivity contribution in [3.63, 3.8) is 0 Å². The van der Waals surface area contributed by atoms with Crippen LogP contribution in [0.3, 0.4) is 0 Å². The summed E-state index contributed by atoms with van der Waals surface area (Å²) in [5.41, 5.74) is -0.761. The van der Waals surface area contributed by atoms with E-state index in [9.17, 15) is 9.59 Å². The summed E-state index contributed by atoms with van der Waals surface area (Å²) in [7, 11) is 1.56. The highest BCUT2D eigenvalue weighted by Crippen LogP contribution is 2.46. The van der Waals surface area contributed by atoms with E-state index in [-0.39, 0.29) is 17.4 Å². The van der Waals surface area contributed by atoms with Gasteiger partial charge in [-0.2, -0.15) is 0 Å². The molecule has 6 nitrogen and oxygen atoms in total. The van der Waals surface area contributed by atoms with Gasteiger partial charge in [0.15, 0.2) is 5.79 Å². The predicted molar refractivity (Wildman–Crippen MR) is 80.2 cm³/mol. The van der Waals surface area contributed by atoms with Crippen LogP contribution in [0.1, 0.15) is 46.5 Å². The first-order chi connectivity index (χ1) is 10.2. The van der Waals surface area contributed by atoms with Crippen molar-refractivity contribution in [3.05, 3.63) is 0 Å². The molecule has 0 atom stereocenters. The Balaban J connectivity index is 1.70. The van der Waals surface area contributed by atoms with Crippen LogP contribution in [0.2, 0.25) is 0 Å². The normalized spacial score (nSPS) is 29.6. The number of carbonyl (C=O) groups excluding carboxylic acids is 2. The molecule has 0 radical (unpaired) electrons. The first-order valence-electron chi connectivity index (χ1n) is 8.07. The number of hydrogen-bond acceptors (Lipinski definition) is 4. The van der Waals surface area contributed by atoms with Crippen molar-refractivity contribution in [1.82, 2.24) is 9.80 Å². The van der Waals surface area contributed by atoms with Gasteiger partial charge >= 0.3 is 6.03 Å². The van der Waals surface area contributed by atoms with Crippen molar-refractivity contribution in [2.45, 2.75) is 57.8 Å². The summed E-state index contributed by atoms with van der Waals surface area (Å²) in [5, 5.41) is 0. The largest absolute Gasteiger partial charge is 0.348 e. The summed E-state index contributed by atoms with van der Waals surface area (Å²) in [6.45, 7) is 7.80. The van der Waals surface area contributed by atoms with Crippen LogP contribution in [0.4, 0.5) is 4.79 Å². The van der Waals surface area contributed by atoms with E-state index in [1.807, 2.05) is 13.8 Å². The molecule has 1 saturated carbocycles. The average molecular weight is 310 g/mol. The Morgan fingerprint density at radius 3 is 2.00 bits per heavy atom. The summed E-state index contributed by atoms with van der Waals surface area (Å²) in [5.74, 6) is -0.521. The van der Waals surface area contributed by atoms with E-state index in [4.69, 9.17) is 9.47 Å². The Morgan fingerprint density at radius 1 is 1.00 bits per heavy atom. The number of urea groups is 1. The molecule has 0 aromatic rings. The molecule has 0 unspecified atom stereocenters. The second kappa shape index (κ2) is 4.93. The molecule has 3 amide bonds. The minimum atomic E-state index is -0.760. The topological polar surface area (TPSA) is 59.1 Å². The maximum absolute atomic E-state index is 12.4. The third-order valence-electron chi connectivity index (χ3n) is 5.59. The van der Waals surface area contributed by atoms with E-state index in [0.29, 0.717) is 19.8 Å². The SMILES string of the molecule is CN1C(=O)N(CC2(C)CCC3(CC2)OCCO3)C(C)(C)C1=O. The van der Waals surface area contributed by atoms with Gasteiger partial charge < -0.3 is 14.4 Å². The fourth-order valence-electron chi connectivity index (χ4n) is 3.86. The Morgan fingerprint density at radius 2 is 1.55 bits per heavy atom. The van der Waals surface area contributed by atoms with Gasteiger partial charge in [0, 0.05) is 26.4 Å². The van der Waals surface area contributed by atoms with Gasteiger partial charge in [-0.05, 0) is 32.1 Å². The summed E-state index contributed by atoms with van der Waals surface area (Å²) in [4.78, 5) is 27.6. The highest BCUT2D eigenvalue weighted by atomic mass is 16.7. The molecule has 3 fully saturated rings. The minimum Gasteiger partial charge on any atom is -0.348 e. The molecule has 0 aromatic carbocycles. The van der Waals surface area contributed by atoms with Gasteiger partial charge in [-0.3, -0.25) is 9.69 Å². The van der Waals surface area contributed by atoms with Crippen molar-refractivity contribution < 1.29 is 19.1 Å². The Kier molecular flexibility index (Phi) is 3.53. The lowest BCUT2D eigenvalue weighted by Gasteiger charge is -2.44. The quantitative estimate of drug-likeness (QED) is 0.732. The molecule has 0 N–H and O–H groups in total. The maximum atomic E-state index is 12.4. The zero-order chi connectivity index (χ0) is 16.2. The molecular weight excluding hydrogens is 284 g/mol. The van der Waals surface area contributed by atoms with Crippen LogP contribution in [-0.2, 0) is 14.3 Å². The number of hydrogen-bond donors (Lipinski definition) is 0. The van der Waals surface area contributed by atoms with Gasteiger partial charge in [0.1, 0.15) is 5.54 Å². The summed E-state index contributed by atoms with van der Waals surface area (Å²) in [6.07, 6.45) is 3.58. The van der Waals surface area contributed by atoms with Gasteiger partial charge in [0.05, 0.1) is 13.2 Å². The smallest absolute Gasteiger partial charge is 0.327 e. The molecule has 1 spiro atoms. The summed E-state index contributed by atoms with van der Waals surface area (Å²) >= 11 is 0. The highest BCUT2D eigenvalue weighted by Gasteiger charge is 2.53. The van der Waals surface area contributed by atoms with Gasteiger partial charge in [-0.1, -0.05) is 6.92 Å². The zero-order valence-corrected chi connectivity index (χ0v) is 14.0. The second-order valence-corrected chi connectivity index (χ2v) is 7.71. The average Bonchev–Trinajstić information content (AvgIpc) is 2.99. The molecule has 0 aromatic heterocycles. The molecule has 0 bridgehead atoms. The van der Waals surface area contributed by atoms with E-state index in [1.54, 1.807) is 11.9 Å². The molecule has 22 heavy (non-hydrogen) atoms. The molecule has 2 saturated heterocycles. The van der Waals surface area contributed by atoms with E-state index in [2.05, 4.69) is 6.92 Å². The molecule has 6 heteroatoms. The van der Waals surface area contributed by atoms with Crippen molar-refractivity contribution in [3.8, 4) is 0 Å². The van der Waals surface area contributed by atoms with Gasteiger partial charge in [0.2, 0.25) is 0 Å². The van der Waals surface area contributed by atoms with Crippen LogP contribution >= 0.6 is 0 Å². The van der Waals surface area contributed by atoms with Crippen LogP contribution < -0.4 is 0 Å². The number of amides is 3. The fourth-order valence-corrected chi connectivity index (χ4v) is 3.86. The molecule has 3 rings (SSSR count). The number of nitrogens with zero attached hydrogens (tertiary/aromatic N) is 2. The van der Waals surface area contributed by atoms with Crippen molar-refractivity contribution in [2.24, 2.45) is 5.41 Å². The maximum Gasteiger partial charge on any atom is 0.327 e. The number of rotatable bonds is 2. The third kappa shape index (κ3) is 2.33. The number of likely N-dealkylation sites (N-methyl/N-ethyl adjacent to an activating group) is 1. The third-order valence-corrected chi connectivity index (χ3v) is 5.59. The van der Waals surface area contributed by atoms with E-state index < -0.39 is 11.3 Å². The first kappa shape index (κ1) is 15.7. The second-order valence-electron chi connectivity index (χ2n) is 7.71. The van der Waals surface area contributed by atoms with E-state index in [0.717, 1.165) is 25.7 Å². The van der Waals surface area contributed by atoms with Gasteiger partial charge in [0.25, 0.3) is 5.91 Å². The van der Waals surface area contributed by atoms with Crippen LogP contribution in [-0.4, -0.2) is 59.9 Å². The Bertz CT molecular complexity index is 486. The Hall–Kier alpha value is -1.14. The van der Waals surface area contributed by atoms with E-state index in [1.165, 1.54) is 4.90 Å². The van der Waals surface area contributed by atoms with Crippen molar-refractivity contribution in [2.75, 3.05) is 26.8 Å². The standard InChI is InChI=1S/C16H26N2O4/c1-14(2)12(19)17(4)13(20)18(14)11-15(3)5-7-16(8-6-15)21-9-10-22-16/h5-11H2,1-4H3. The highest BCUT2D eigenvalue weighted by molar-refractivity contribution is 6.06. The first-order valence-corrected chi connectivity index (χ1v) is 8.07. The number of ether oxygens (including phenoxy) is 2. The van der Waals surface area contributed by atoms with Gasteiger partial charge in [-0.15, -0.1) is 0 Å². The number of carbonyl (C=O) groups is 2. The van der Waals surface area contributed by atoms with Gasteiger partial charge in [-0.25, -0.2) is 4.79 Å². The van der Waals surface area contributed by atoms with Crippen molar-refractivity contribution in [1.29, 1.82) is 0 Å². The Labute approximate surface area is 131 Å². The molecular formula is C16H26N2O4. The van der Waals surface area contributed by atoms with Crippen LogP contribution in [0, 0.1) is 5.41 Å². The van der Waals surface area contributed by atoms with Crippen LogP contribution in [0.15, 0.2) is 0 Å². The summed E-state index contributed by atoms with van der Waals surface area (Å²) in [6, 6.07) is -0.190. The molecule has 124 valence electrons. The molecule has 2 heterocycles. The monoisotopic (exact) mass is 310 g/mol. The van der Waals surface area contributed by atoms with Crippen LogP contribution in [0.5, 0.6) is 0 Å². The van der Waals surface area contributed by atoms with Crippen molar-refractivity contribution >= 4 is 11.9 Å². The van der Waals surface area contributed by atoms with Crippen LogP contribution in [0.25, 0.3) is 0 Å². The molecule has 1 aliphatic carbocycles. The predicted octanol–water partition coefficient (Wildman–Crippen LogP) is 1.98. The lowest BCUT2D eigenvalue weighted by Crippen LogP contribution is -2.51. The molecule has 2 aliphatic heterocycles. The lowest BCUT2D eigenvalue weighted by molar-refractivity contribution is -0.191.